The molecular formula is C7H12O7. The van der Waals surface area contributed by atoms with Gasteiger partial charge >= 0.3 is 0 Å². The second kappa shape index (κ2) is 4.11. The van der Waals surface area contributed by atoms with E-state index in [1.54, 1.807) is 0 Å². The number of ether oxygens (including phenoxy) is 1. The standard InChI is InChI=1S/C7H12O7/c8-1-2(9)6-4(11)3(10)5(12)7(13)14-6/h2-3,5,7-13H,1H2/t2-,3-,5-,7?/m1/s1. The summed E-state index contributed by atoms with van der Waals surface area (Å²) in [5, 5.41) is 54.0. The van der Waals surface area contributed by atoms with Crippen molar-refractivity contribution in [3.63, 3.8) is 0 Å². The Hall–Kier alpha value is -0.860. The van der Waals surface area contributed by atoms with Crippen LogP contribution in [0, 0.1) is 0 Å². The molecule has 0 aromatic carbocycles. The third kappa shape index (κ3) is 1.81. The SMILES string of the molecule is OC[C@@H](O)C1=C(O)[C@@H](O)[C@@H](O)C(O)O1. The number of aliphatic hydroxyl groups excluding tert-OH is 6. The average molecular weight is 208 g/mol. The van der Waals surface area contributed by atoms with Gasteiger partial charge in [0.1, 0.15) is 18.3 Å². The average Bonchev–Trinajstić information content (AvgIpc) is 2.19. The molecule has 14 heavy (non-hydrogen) atoms. The molecule has 7 heteroatoms. The summed E-state index contributed by atoms with van der Waals surface area (Å²) in [4.78, 5) is 0. The second-order valence-electron chi connectivity index (χ2n) is 2.89. The fraction of sp³-hybridized carbons (Fsp3) is 0.714. The molecule has 1 rings (SSSR count). The highest BCUT2D eigenvalue weighted by Crippen LogP contribution is 2.24. The maximum atomic E-state index is 9.19. The summed E-state index contributed by atoms with van der Waals surface area (Å²) in [7, 11) is 0. The lowest BCUT2D eigenvalue weighted by atomic mass is 10.1. The molecule has 0 bridgehead atoms. The van der Waals surface area contributed by atoms with Gasteiger partial charge in [-0.3, -0.25) is 0 Å². The van der Waals surface area contributed by atoms with Crippen LogP contribution in [0.2, 0.25) is 0 Å². The lowest BCUT2D eigenvalue weighted by Crippen LogP contribution is -2.46. The van der Waals surface area contributed by atoms with Crippen LogP contribution in [0.15, 0.2) is 11.5 Å². The zero-order chi connectivity index (χ0) is 10.9. The molecule has 0 saturated carbocycles. The van der Waals surface area contributed by atoms with E-state index in [0.717, 1.165) is 0 Å². The Morgan fingerprint density at radius 3 is 2.36 bits per heavy atom. The molecule has 0 saturated heterocycles. The quantitative estimate of drug-likeness (QED) is 0.288. The van der Waals surface area contributed by atoms with Gasteiger partial charge in [-0.15, -0.1) is 0 Å². The monoisotopic (exact) mass is 208 g/mol. The molecule has 1 heterocycles. The minimum absolute atomic E-state index is 0.544. The Balaban J connectivity index is 2.93. The smallest absolute Gasteiger partial charge is 0.226 e. The lowest BCUT2D eigenvalue weighted by Gasteiger charge is -2.31. The van der Waals surface area contributed by atoms with Crippen molar-refractivity contribution < 1.29 is 35.4 Å². The molecular weight excluding hydrogens is 196 g/mol. The maximum absolute atomic E-state index is 9.19. The molecule has 0 amide bonds. The highest BCUT2D eigenvalue weighted by molar-refractivity contribution is 5.15. The van der Waals surface area contributed by atoms with E-state index >= 15 is 0 Å². The van der Waals surface area contributed by atoms with Gasteiger partial charge in [0.05, 0.1) is 6.61 Å². The van der Waals surface area contributed by atoms with Gasteiger partial charge in [0.15, 0.2) is 11.5 Å². The van der Waals surface area contributed by atoms with Crippen LogP contribution in [0.4, 0.5) is 0 Å². The molecule has 0 fully saturated rings. The molecule has 1 aliphatic heterocycles. The summed E-state index contributed by atoms with van der Waals surface area (Å²) in [5.74, 6) is -1.35. The van der Waals surface area contributed by atoms with Crippen molar-refractivity contribution in [3.05, 3.63) is 11.5 Å². The normalized spacial score (nSPS) is 35.4. The van der Waals surface area contributed by atoms with E-state index < -0.39 is 42.7 Å². The Bertz CT molecular complexity index is 238. The van der Waals surface area contributed by atoms with Gasteiger partial charge in [-0.2, -0.15) is 0 Å². The van der Waals surface area contributed by atoms with Gasteiger partial charge in [-0.05, 0) is 0 Å². The van der Waals surface area contributed by atoms with Crippen molar-refractivity contribution in [2.45, 2.75) is 24.6 Å². The molecule has 0 aromatic heterocycles. The topological polar surface area (TPSA) is 131 Å². The van der Waals surface area contributed by atoms with Crippen LogP contribution >= 0.6 is 0 Å². The van der Waals surface area contributed by atoms with Gasteiger partial charge in [-0.25, -0.2) is 0 Å². The van der Waals surface area contributed by atoms with E-state index in [9.17, 15) is 5.11 Å². The fourth-order valence-electron chi connectivity index (χ4n) is 1.06. The first kappa shape index (κ1) is 11.2. The molecule has 1 aliphatic rings. The summed E-state index contributed by atoms with van der Waals surface area (Å²) in [6.07, 6.45) is -6.73. The minimum atomic E-state index is -1.75. The predicted octanol–water partition coefficient (Wildman–Crippen LogP) is -2.82. The highest BCUT2D eigenvalue weighted by Gasteiger charge is 2.39. The first-order chi connectivity index (χ1) is 6.49. The van der Waals surface area contributed by atoms with E-state index in [4.69, 9.17) is 25.5 Å². The van der Waals surface area contributed by atoms with Crippen LogP contribution < -0.4 is 0 Å². The molecule has 0 aromatic rings. The first-order valence-corrected chi connectivity index (χ1v) is 3.91. The maximum Gasteiger partial charge on any atom is 0.226 e. The number of aliphatic hydroxyl groups is 6. The van der Waals surface area contributed by atoms with Gasteiger partial charge in [0.25, 0.3) is 0 Å². The van der Waals surface area contributed by atoms with Crippen LogP contribution in [0.5, 0.6) is 0 Å². The predicted molar refractivity (Wildman–Crippen MR) is 41.9 cm³/mol. The van der Waals surface area contributed by atoms with Crippen molar-refractivity contribution >= 4 is 0 Å². The van der Waals surface area contributed by atoms with Gasteiger partial charge in [0, 0.05) is 0 Å². The van der Waals surface area contributed by atoms with Gasteiger partial charge in [0.2, 0.25) is 6.29 Å². The molecule has 4 atom stereocenters. The molecule has 0 spiro atoms. The largest absolute Gasteiger partial charge is 0.506 e. The number of hydrogen-bond donors (Lipinski definition) is 6. The summed E-state index contributed by atoms with van der Waals surface area (Å²) in [6, 6.07) is 0. The zero-order valence-corrected chi connectivity index (χ0v) is 7.11. The fourth-order valence-corrected chi connectivity index (χ4v) is 1.06. The van der Waals surface area contributed by atoms with Crippen molar-refractivity contribution in [1.82, 2.24) is 0 Å². The summed E-state index contributed by atoms with van der Waals surface area (Å²) in [5.41, 5.74) is 0. The summed E-state index contributed by atoms with van der Waals surface area (Å²) < 4.78 is 4.50. The van der Waals surface area contributed by atoms with Crippen LogP contribution in [0.1, 0.15) is 0 Å². The summed E-state index contributed by atoms with van der Waals surface area (Å²) >= 11 is 0. The minimum Gasteiger partial charge on any atom is -0.506 e. The van der Waals surface area contributed by atoms with Crippen LogP contribution in [-0.2, 0) is 4.74 Å². The van der Waals surface area contributed by atoms with Crippen LogP contribution in [-0.4, -0.2) is 61.8 Å². The highest BCUT2D eigenvalue weighted by atomic mass is 16.6. The summed E-state index contributed by atoms with van der Waals surface area (Å²) in [6.45, 7) is -0.741. The molecule has 7 nitrogen and oxygen atoms in total. The molecule has 1 unspecified atom stereocenters. The van der Waals surface area contributed by atoms with Crippen molar-refractivity contribution in [3.8, 4) is 0 Å². The molecule has 6 N–H and O–H groups in total. The Morgan fingerprint density at radius 1 is 1.29 bits per heavy atom. The Labute approximate surface area is 79.1 Å². The van der Waals surface area contributed by atoms with Crippen molar-refractivity contribution in [1.29, 1.82) is 0 Å². The van der Waals surface area contributed by atoms with Gasteiger partial charge in [-0.1, -0.05) is 0 Å². The van der Waals surface area contributed by atoms with Crippen LogP contribution in [0.3, 0.4) is 0 Å². The van der Waals surface area contributed by atoms with E-state index in [2.05, 4.69) is 4.74 Å². The van der Waals surface area contributed by atoms with Crippen LogP contribution in [0.25, 0.3) is 0 Å². The lowest BCUT2D eigenvalue weighted by molar-refractivity contribution is -0.196. The Morgan fingerprint density at radius 2 is 1.86 bits per heavy atom. The Kier molecular flexibility index (Phi) is 3.29. The number of rotatable bonds is 2. The number of hydrogen-bond acceptors (Lipinski definition) is 7. The van der Waals surface area contributed by atoms with E-state index in [0.29, 0.717) is 0 Å². The second-order valence-corrected chi connectivity index (χ2v) is 2.89. The van der Waals surface area contributed by atoms with E-state index in [1.165, 1.54) is 0 Å². The third-order valence-electron chi connectivity index (χ3n) is 1.87. The van der Waals surface area contributed by atoms with Gasteiger partial charge < -0.3 is 35.4 Å². The van der Waals surface area contributed by atoms with Crippen molar-refractivity contribution in [2.24, 2.45) is 0 Å². The zero-order valence-electron chi connectivity index (χ0n) is 7.11. The molecule has 0 radical (unpaired) electrons. The van der Waals surface area contributed by atoms with Crippen molar-refractivity contribution in [2.75, 3.05) is 6.61 Å². The first-order valence-electron chi connectivity index (χ1n) is 3.91. The molecule has 0 aliphatic carbocycles. The van der Waals surface area contributed by atoms with E-state index in [1.807, 2.05) is 0 Å². The van der Waals surface area contributed by atoms with E-state index in [-0.39, 0.29) is 0 Å². The third-order valence-corrected chi connectivity index (χ3v) is 1.87. The molecule has 82 valence electrons.